The van der Waals surface area contributed by atoms with Crippen LogP contribution >= 0.6 is 0 Å². The van der Waals surface area contributed by atoms with Gasteiger partial charge in [-0.05, 0) is 18.1 Å². The van der Waals surface area contributed by atoms with E-state index in [4.69, 9.17) is 0 Å². The maximum atomic E-state index is 2.24. The van der Waals surface area contributed by atoms with Crippen molar-refractivity contribution in [2.24, 2.45) is 7.05 Å². The summed E-state index contributed by atoms with van der Waals surface area (Å²) in [7, 11) is 2.11. The fraction of sp³-hybridized carbons (Fsp3) is 0.333. The summed E-state index contributed by atoms with van der Waals surface area (Å²) in [5.74, 6) is 0. The first kappa shape index (κ1) is 5.78. The van der Waals surface area contributed by atoms with Crippen molar-refractivity contribution in [1.29, 1.82) is 0 Å². The van der Waals surface area contributed by atoms with Crippen LogP contribution in [0.25, 0.3) is 0 Å². The fourth-order valence-electron chi connectivity index (χ4n) is 1.48. The summed E-state index contributed by atoms with van der Waals surface area (Å²) >= 11 is 0. The lowest BCUT2D eigenvalue weighted by Gasteiger charge is -2.06. The van der Waals surface area contributed by atoms with Crippen molar-refractivity contribution in [3.05, 3.63) is 35.7 Å². The van der Waals surface area contributed by atoms with Gasteiger partial charge in [0.25, 0.3) is 0 Å². The van der Waals surface area contributed by atoms with Gasteiger partial charge in [-0.1, -0.05) is 12.2 Å². The molecule has 1 heterocycles. The topological polar surface area (TPSA) is 4.93 Å². The highest BCUT2D eigenvalue weighted by Crippen LogP contribution is 2.16. The largest absolute Gasteiger partial charge is 0.354 e. The van der Waals surface area contributed by atoms with Gasteiger partial charge >= 0.3 is 0 Å². The minimum absolute atomic E-state index is 1.11. The molecule has 0 unspecified atom stereocenters. The number of allylic oxidation sites excluding steroid dienone is 2. The molecule has 0 fully saturated rings. The normalized spacial score (nSPS) is 15.3. The number of rotatable bonds is 0. The molecule has 10 heavy (non-hydrogen) atoms. The van der Waals surface area contributed by atoms with Crippen LogP contribution in [-0.2, 0) is 19.9 Å². The molecule has 1 nitrogen and oxygen atoms in total. The molecule has 0 N–H and O–H groups in total. The molecule has 0 spiro atoms. The molecule has 1 aromatic heterocycles. The summed E-state index contributed by atoms with van der Waals surface area (Å²) in [6.45, 7) is 0. The Hall–Kier alpha value is -0.980. The van der Waals surface area contributed by atoms with Gasteiger partial charge in [0, 0.05) is 25.4 Å². The van der Waals surface area contributed by atoms with E-state index in [2.05, 4.69) is 36.0 Å². The first-order chi connectivity index (χ1) is 4.88. The van der Waals surface area contributed by atoms with Crippen molar-refractivity contribution < 1.29 is 0 Å². The molecule has 0 saturated carbocycles. The lowest BCUT2D eigenvalue weighted by atomic mass is 10.1. The molecule has 1 heteroatoms. The van der Waals surface area contributed by atoms with Crippen molar-refractivity contribution in [2.45, 2.75) is 12.8 Å². The Morgan fingerprint density at radius 2 is 2.10 bits per heavy atom. The van der Waals surface area contributed by atoms with Crippen LogP contribution in [0.1, 0.15) is 11.3 Å². The summed E-state index contributed by atoms with van der Waals surface area (Å²) in [6, 6.07) is 2.21. The Morgan fingerprint density at radius 3 is 2.90 bits per heavy atom. The van der Waals surface area contributed by atoms with Crippen LogP contribution in [0.4, 0.5) is 0 Å². The van der Waals surface area contributed by atoms with E-state index in [0.29, 0.717) is 0 Å². The molecule has 0 radical (unpaired) electrons. The number of fused-ring (bicyclic) bond motifs is 1. The smallest absolute Gasteiger partial charge is 0.0244 e. The van der Waals surface area contributed by atoms with Crippen LogP contribution in [0.5, 0.6) is 0 Å². The van der Waals surface area contributed by atoms with Gasteiger partial charge in [-0.15, -0.1) is 0 Å². The monoisotopic (exact) mass is 133 g/mol. The quantitative estimate of drug-likeness (QED) is 0.474. The highest BCUT2D eigenvalue weighted by molar-refractivity contribution is 5.29. The highest BCUT2D eigenvalue weighted by atomic mass is 14.9. The molecule has 0 aliphatic heterocycles. The molecule has 0 bridgehead atoms. The Balaban J connectivity index is 2.50. The number of hydrogen-bond donors (Lipinski definition) is 0. The van der Waals surface area contributed by atoms with Crippen molar-refractivity contribution in [3.63, 3.8) is 0 Å². The van der Waals surface area contributed by atoms with Crippen LogP contribution in [0.3, 0.4) is 0 Å². The molecule has 0 saturated heterocycles. The predicted molar refractivity (Wildman–Crippen MR) is 42.0 cm³/mol. The second-order valence-corrected chi connectivity index (χ2v) is 2.78. The first-order valence-corrected chi connectivity index (χ1v) is 3.66. The number of nitrogens with zero attached hydrogens (tertiary/aromatic N) is 1. The van der Waals surface area contributed by atoms with E-state index < -0.39 is 0 Å². The van der Waals surface area contributed by atoms with Gasteiger partial charge in [0.2, 0.25) is 0 Å². The lowest BCUT2D eigenvalue weighted by molar-refractivity contribution is 0.839. The average Bonchev–Trinajstić information content (AvgIpc) is 2.34. The van der Waals surface area contributed by atoms with Crippen molar-refractivity contribution >= 4 is 0 Å². The Kier molecular flexibility index (Phi) is 1.16. The van der Waals surface area contributed by atoms with Gasteiger partial charge < -0.3 is 4.57 Å². The summed E-state index contributed by atoms with van der Waals surface area (Å²) in [4.78, 5) is 0. The highest BCUT2D eigenvalue weighted by Gasteiger charge is 2.06. The SMILES string of the molecule is Cn1ccc2c1CC=CC2. The van der Waals surface area contributed by atoms with Crippen LogP contribution in [-0.4, -0.2) is 4.57 Å². The molecular weight excluding hydrogens is 122 g/mol. The minimum atomic E-state index is 1.11. The van der Waals surface area contributed by atoms with E-state index in [1.54, 1.807) is 0 Å². The predicted octanol–water partition coefficient (Wildman–Crippen LogP) is 1.68. The van der Waals surface area contributed by atoms with Gasteiger partial charge in [-0.25, -0.2) is 0 Å². The van der Waals surface area contributed by atoms with Crippen molar-refractivity contribution in [3.8, 4) is 0 Å². The minimum Gasteiger partial charge on any atom is -0.354 e. The maximum absolute atomic E-state index is 2.24. The van der Waals surface area contributed by atoms with E-state index in [0.717, 1.165) is 12.8 Å². The zero-order valence-electron chi connectivity index (χ0n) is 6.17. The van der Waals surface area contributed by atoms with Gasteiger partial charge in [0.05, 0.1) is 0 Å². The standard InChI is InChI=1S/C9H11N/c1-10-7-6-8-4-2-3-5-9(8)10/h2-3,6-7H,4-5H2,1H3. The molecule has 1 aliphatic rings. The fourth-order valence-corrected chi connectivity index (χ4v) is 1.48. The van der Waals surface area contributed by atoms with Crippen LogP contribution in [0.2, 0.25) is 0 Å². The van der Waals surface area contributed by atoms with E-state index >= 15 is 0 Å². The third kappa shape index (κ3) is 0.703. The molecule has 1 aliphatic carbocycles. The van der Waals surface area contributed by atoms with Crippen LogP contribution < -0.4 is 0 Å². The zero-order valence-corrected chi connectivity index (χ0v) is 6.17. The van der Waals surface area contributed by atoms with Crippen LogP contribution in [0.15, 0.2) is 24.4 Å². The van der Waals surface area contributed by atoms with E-state index in [1.165, 1.54) is 11.3 Å². The van der Waals surface area contributed by atoms with Gasteiger partial charge in [-0.2, -0.15) is 0 Å². The third-order valence-electron chi connectivity index (χ3n) is 2.11. The van der Waals surface area contributed by atoms with Gasteiger partial charge in [-0.3, -0.25) is 0 Å². The number of hydrogen-bond acceptors (Lipinski definition) is 0. The Morgan fingerprint density at radius 1 is 1.30 bits per heavy atom. The van der Waals surface area contributed by atoms with Crippen molar-refractivity contribution in [1.82, 2.24) is 4.57 Å². The molecule has 0 aromatic carbocycles. The van der Waals surface area contributed by atoms with Gasteiger partial charge in [0.15, 0.2) is 0 Å². The van der Waals surface area contributed by atoms with Crippen LogP contribution in [0, 0.1) is 0 Å². The van der Waals surface area contributed by atoms with Gasteiger partial charge in [0.1, 0.15) is 0 Å². The molecule has 0 amide bonds. The number of aromatic nitrogens is 1. The molecule has 1 aromatic rings. The first-order valence-electron chi connectivity index (χ1n) is 3.66. The van der Waals surface area contributed by atoms with E-state index in [1.807, 2.05) is 0 Å². The summed E-state index contributed by atoms with van der Waals surface area (Å²) in [6.07, 6.45) is 8.84. The molecule has 0 atom stereocenters. The molecule has 52 valence electrons. The lowest BCUT2D eigenvalue weighted by Crippen LogP contribution is -2.00. The second-order valence-electron chi connectivity index (χ2n) is 2.78. The average molecular weight is 133 g/mol. The summed E-state index contributed by atoms with van der Waals surface area (Å²) in [5.41, 5.74) is 2.97. The molecule has 2 rings (SSSR count). The van der Waals surface area contributed by atoms with E-state index in [9.17, 15) is 0 Å². The maximum Gasteiger partial charge on any atom is 0.0244 e. The Labute approximate surface area is 61.0 Å². The van der Waals surface area contributed by atoms with Crippen molar-refractivity contribution in [2.75, 3.05) is 0 Å². The second kappa shape index (κ2) is 2.01. The summed E-state index contributed by atoms with van der Waals surface area (Å²) in [5, 5.41) is 0. The molecular formula is C9H11N. The zero-order chi connectivity index (χ0) is 6.97. The third-order valence-corrected chi connectivity index (χ3v) is 2.11. The van der Waals surface area contributed by atoms with E-state index in [-0.39, 0.29) is 0 Å². The summed E-state index contributed by atoms with van der Waals surface area (Å²) < 4.78 is 2.21. The number of aryl methyl sites for hydroxylation is 1. The Bertz CT molecular complexity index is 268.